The van der Waals surface area contributed by atoms with Gasteiger partial charge in [0.2, 0.25) is 0 Å². The van der Waals surface area contributed by atoms with E-state index in [4.69, 9.17) is 10.5 Å². The van der Waals surface area contributed by atoms with Crippen LogP contribution >= 0.6 is 0 Å². The van der Waals surface area contributed by atoms with E-state index in [1.807, 2.05) is 0 Å². The molecule has 3 atom stereocenters. The number of hydrogen-bond donors (Lipinski definition) is 1. The number of hydrogen-bond acceptors (Lipinski definition) is 3. The molecule has 90 valence electrons. The normalized spacial score (nSPS) is 27.6. The van der Waals surface area contributed by atoms with Gasteiger partial charge in [0.15, 0.2) is 0 Å². The number of rotatable bonds is 5. The maximum Gasteiger partial charge on any atom is 0.0619 e. The summed E-state index contributed by atoms with van der Waals surface area (Å²) in [6.07, 6.45) is 3.45. The van der Waals surface area contributed by atoms with Crippen molar-refractivity contribution in [1.29, 1.82) is 0 Å². The molecule has 0 aromatic carbocycles. The van der Waals surface area contributed by atoms with Crippen molar-refractivity contribution in [3.8, 4) is 0 Å². The Balaban J connectivity index is 2.54. The lowest BCUT2D eigenvalue weighted by atomic mass is 9.98. The first-order chi connectivity index (χ1) is 7.20. The Labute approximate surface area is 94.0 Å². The molecule has 0 amide bonds. The van der Waals surface area contributed by atoms with E-state index in [1.165, 1.54) is 6.42 Å². The van der Waals surface area contributed by atoms with E-state index < -0.39 is 0 Å². The van der Waals surface area contributed by atoms with E-state index in [9.17, 15) is 0 Å². The molecule has 0 aromatic rings. The van der Waals surface area contributed by atoms with Gasteiger partial charge in [-0.1, -0.05) is 20.3 Å². The summed E-state index contributed by atoms with van der Waals surface area (Å²) in [6.45, 7) is 9.43. The topological polar surface area (TPSA) is 38.5 Å². The maximum atomic E-state index is 6.25. The second-order valence-electron chi connectivity index (χ2n) is 4.59. The summed E-state index contributed by atoms with van der Waals surface area (Å²) in [7, 11) is 0. The van der Waals surface area contributed by atoms with Crippen LogP contribution in [0.2, 0.25) is 0 Å². The van der Waals surface area contributed by atoms with E-state index >= 15 is 0 Å². The van der Waals surface area contributed by atoms with Crippen molar-refractivity contribution in [3.05, 3.63) is 0 Å². The fourth-order valence-electron chi connectivity index (χ4n) is 2.54. The van der Waals surface area contributed by atoms with Crippen LogP contribution in [-0.2, 0) is 4.74 Å². The average molecular weight is 214 g/mol. The Bertz CT molecular complexity index is 175. The summed E-state index contributed by atoms with van der Waals surface area (Å²) in [5.41, 5.74) is 6.25. The van der Waals surface area contributed by atoms with Gasteiger partial charge in [-0.2, -0.15) is 0 Å². The molecule has 15 heavy (non-hydrogen) atoms. The third kappa shape index (κ3) is 3.44. The largest absolute Gasteiger partial charge is 0.379 e. The van der Waals surface area contributed by atoms with Crippen LogP contribution in [0.1, 0.15) is 40.0 Å². The van der Waals surface area contributed by atoms with Crippen molar-refractivity contribution < 1.29 is 4.74 Å². The van der Waals surface area contributed by atoms with Gasteiger partial charge in [0, 0.05) is 24.7 Å². The highest BCUT2D eigenvalue weighted by atomic mass is 16.5. The second-order valence-corrected chi connectivity index (χ2v) is 4.59. The minimum absolute atomic E-state index is 0.320. The fourth-order valence-corrected chi connectivity index (χ4v) is 2.54. The molecule has 3 heteroatoms. The third-order valence-corrected chi connectivity index (χ3v) is 3.38. The van der Waals surface area contributed by atoms with Crippen LogP contribution in [0.25, 0.3) is 0 Å². The summed E-state index contributed by atoms with van der Waals surface area (Å²) in [6, 6.07) is 1.37. The standard InChI is InChI=1S/C12H26N2O/c1-4-6-11(13)12(5-2)14-7-8-15-9-10(14)3/h10-12H,4-9,13H2,1-3H3. The molecule has 0 radical (unpaired) electrons. The van der Waals surface area contributed by atoms with Crippen molar-refractivity contribution in [2.24, 2.45) is 5.73 Å². The van der Waals surface area contributed by atoms with Crippen LogP contribution < -0.4 is 5.73 Å². The monoisotopic (exact) mass is 214 g/mol. The van der Waals surface area contributed by atoms with Crippen LogP contribution in [0.3, 0.4) is 0 Å². The zero-order chi connectivity index (χ0) is 11.3. The highest BCUT2D eigenvalue weighted by Crippen LogP contribution is 2.17. The van der Waals surface area contributed by atoms with Gasteiger partial charge in [-0.15, -0.1) is 0 Å². The minimum atomic E-state index is 0.320. The van der Waals surface area contributed by atoms with Gasteiger partial charge in [0.05, 0.1) is 13.2 Å². The summed E-state index contributed by atoms with van der Waals surface area (Å²) in [5, 5.41) is 0. The van der Waals surface area contributed by atoms with Gasteiger partial charge in [0.25, 0.3) is 0 Å². The van der Waals surface area contributed by atoms with Gasteiger partial charge < -0.3 is 10.5 Å². The summed E-state index contributed by atoms with van der Waals surface area (Å²) < 4.78 is 5.46. The first-order valence-corrected chi connectivity index (χ1v) is 6.29. The van der Waals surface area contributed by atoms with E-state index in [-0.39, 0.29) is 0 Å². The van der Waals surface area contributed by atoms with Crippen LogP contribution in [-0.4, -0.2) is 42.8 Å². The highest BCUT2D eigenvalue weighted by Gasteiger charge is 2.28. The molecule has 0 aromatic heterocycles. The van der Waals surface area contributed by atoms with Crippen LogP contribution in [0, 0.1) is 0 Å². The smallest absolute Gasteiger partial charge is 0.0619 e. The molecule has 0 spiro atoms. The second kappa shape index (κ2) is 6.46. The molecule has 0 saturated carbocycles. The van der Waals surface area contributed by atoms with E-state index in [0.717, 1.165) is 32.6 Å². The van der Waals surface area contributed by atoms with Gasteiger partial charge in [0.1, 0.15) is 0 Å². The number of nitrogens with two attached hydrogens (primary N) is 1. The molecular weight excluding hydrogens is 188 g/mol. The Morgan fingerprint density at radius 2 is 2.20 bits per heavy atom. The van der Waals surface area contributed by atoms with E-state index in [2.05, 4.69) is 25.7 Å². The first kappa shape index (κ1) is 12.9. The lowest BCUT2D eigenvalue weighted by Crippen LogP contribution is -2.55. The fraction of sp³-hybridized carbons (Fsp3) is 1.00. The summed E-state index contributed by atoms with van der Waals surface area (Å²) in [5.74, 6) is 0. The first-order valence-electron chi connectivity index (χ1n) is 6.29. The van der Waals surface area contributed by atoms with Crippen LogP contribution in [0.15, 0.2) is 0 Å². The number of nitrogens with zero attached hydrogens (tertiary/aromatic N) is 1. The lowest BCUT2D eigenvalue weighted by molar-refractivity contribution is -0.0284. The Kier molecular flexibility index (Phi) is 5.58. The molecule has 1 heterocycles. The molecule has 2 N–H and O–H groups in total. The molecule has 1 aliphatic rings. The van der Waals surface area contributed by atoms with Crippen molar-refractivity contribution >= 4 is 0 Å². The molecule has 3 unspecified atom stereocenters. The predicted molar refractivity (Wildman–Crippen MR) is 63.9 cm³/mol. The molecule has 1 aliphatic heterocycles. The Morgan fingerprint density at radius 1 is 1.47 bits per heavy atom. The van der Waals surface area contributed by atoms with Crippen LogP contribution in [0.5, 0.6) is 0 Å². The van der Waals surface area contributed by atoms with Crippen LogP contribution in [0.4, 0.5) is 0 Å². The van der Waals surface area contributed by atoms with E-state index in [1.54, 1.807) is 0 Å². The number of morpholine rings is 1. The SMILES string of the molecule is CCCC(N)C(CC)N1CCOCC1C. The quantitative estimate of drug-likeness (QED) is 0.755. The Morgan fingerprint density at radius 3 is 2.73 bits per heavy atom. The van der Waals surface area contributed by atoms with Crippen molar-refractivity contribution in [2.75, 3.05) is 19.8 Å². The highest BCUT2D eigenvalue weighted by molar-refractivity contribution is 4.85. The molecule has 0 bridgehead atoms. The average Bonchev–Trinajstić information content (AvgIpc) is 2.22. The summed E-state index contributed by atoms with van der Waals surface area (Å²) >= 11 is 0. The zero-order valence-electron chi connectivity index (χ0n) is 10.4. The number of ether oxygens (including phenoxy) is 1. The molecule has 3 nitrogen and oxygen atoms in total. The summed E-state index contributed by atoms with van der Waals surface area (Å²) in [4.78, 5) is 2.53. The predicted octanol–water partition coefficient (Wildman–Crippen LogP) is 1.61. The van der Waals surface area contributed by atoms with E-state index in [0.29, 0.717) is 18.1 Å². The zero-order valence-corrected chi connectivity index (χ0v) is 10.4. The van der Waals surface area contributed by atoms with Crippen molar-refractivity contribution in [2.45, 2.75) is 58.2 Å². The lowest BCUT2D eigenvalue weighted by Gasteiger charge is -2.41. The van der Waals surface area contributed by atoms with Gasteiger partial charge in [-0.3, -0.25) is 4.90 Å². The van der Waals surface area contributed by atoms with Gasteiger partial charge in [-0.05, 0) is 19.8 Å². The maximum absolute atomic E-state index is 6.25. The molecular formula is C12H26N2O. The van der Waals surface area contributed by atoms with Gasteiger partial charge in [-0.25, -0.2) is 0 Å². The van der Waals surface area contributed by atoms with Gasteiger partial charge >= 0.3 is 0 Å². The Hall–Kier alpha value is -0.120. The molecule has 1 fully saturated rings. The van der Waals surface area contributed by atoms with Crippen molar-refractivity contribution in [3.63, 3.8) is 0 Å². The molecule has 0 aliphatic carbocycles. The van der Waals surface area contributed by atoms with Crippen molar-refractivity contribution in [1.82, 2.24) is 4.90 Å². The minimum Gasteiger partial charge on any atom is -0.379 e. The molecule has 1 saturated heterocycles. The molecule has 1 rings (SSSR count). The third-order valence-electron chi connectivity index (χ3n) is 3.38.